The van der Waals surface area contributed by atoms with E-state index in [0.29, 0.717) is 24.4 Å². The Bertz CT molecular complexity index is 1090. The molecule has 33 heavy (non-hydrogen) atoms. The average molecular weight is 467 g/mol. The fourth-order valence-corrected chi connectivity index (χ4v) is 7.08. The minimum absolute atomic E-state index is 0.00301. The molecule has 2 bridgehead atoms. The number of hydrogen-bond donors (Lipinski definition) is 3. The monoisotopic (exact) mass is 466 g/mol. The fourth-order valence-electron chi connectivity index (χ4n) is 6.95. The van der Waals surface area contributed by atoms with E-state index < -0.39 is 11.0 Å². The van der Waals surface area contributed by atoms with E-state index in [1.807, 2.05) is 36.4 Å². The topological polar surface area (TPSA) is 72.8 Å². The van der Waals surface area contributed by atoms with Gasteiger partial charge in [0.05, 0.1) is 5.60 Å². The standard InChI is InChI=1S/C27H31ClN2O3/c28-21-6-3-17(4-7-21)15-29-25(32)20-13-26-9-10-30(16-18-1-2-18)24(27(26,33)14-20)11-19-5-8-22(31)12-23(19)26/h3-8,12,18,20,24,31,33H,1-2,9-11,13-16H2,(H,29,32)/t20-,24-,26-,27-/m1/s1. The Kier molecular flexibility index (Phi) is 5.02. The number of carbonyl (C=O) groups excluding carboxylic acids is 1. The Hall–Kier alpha value is -2.08. The van der Waals surface area contributed by atoms with Gasteiger partial charge in [-0.05, 0) is 91.9 Å². The van der Waals surface area contributed by atoms with Crippen LogP contribution in [0.1, 0.15) is 48.8 Å². The largest absolute Gasteiger partial charge is 0.508 e. The van der Waals surface area contributed by atoms with Crippen LogP contribution in [0.2, 0.25) is 5.02 Å². The van der Waals surface area contributed by atoms with E-state index in [-0.39, 0.29) is 23.6 Å². The zero-order chi connectivity index (χ0) is 22.8. The molecule has 2 aromatic carbocycles. The fraction of sp³-hybridized carbons (Fsp3) is 0.519. The minimum atomic E-state index is -0.955. The van der Waals surface area contributed by atoms with Crippen LogP contribution < -0.4 is 5.32 Å². The number of piperidine rings is 1. The molecule has 6 heteroatoms. The first kappa shape index (κ1) is 21.5. The van der Waals surface area contributed by atoms with Crippen LogP contribution in [0.4, 0.5) is 0 Å². The highest BCUT2D eigenvalue weighted by Gasteiger charge is 2.68. The SMILES string of the molecule is O=C(NCc1ccc(Cl)cc1)[C@@H]1C[C@]23CCN(CC4CC4)[C@H](Cc4ccc(O)cc42)[C@]3(O)C1. The molecular formula is C27H31ClN2O3. The molecule has 3 fully saturated rings. The number of phenols is 1. The molecule has 3 aliphatic carbocycles. The van der Waals surface area contributed by atoms with Gasteiger partial charge in [-0.15, -0.1) is 0 Å². The Morgan fingerprint density at radius 1 is 1.15 bits per heavy atom. The van der Waals surface area contributed by atoms with E-state index in [4.69, 9.17) is 11.6 Å². The van der Waals surface area contributed by atoms with Crippen molar-refractivity contribution in [2.45, 2.75) is 62.1 Å². The van der Waals surface area contributed by atoms with Crippen LogP contribution in [0.25, 0.3) is 0 Å². The number of amides is 1. The molecule has 0 radical (unpaired) electrons. The van der Waals surface area contributed by atoms with Gasteiger partial charge in [-0.3, -0.25) is 9.69 Å². The van der Waals surface area contributed by atoms with Gasteiger partial charge in [-0.2, -0.15) is 0 Å². The van der Waals surface area contributed by atoms with Crippen molar-refractivity contribution in [1.82, 2.24) is 10.2 Å². The number of nitrogens with zero attached hydrogens (tertiary/aromatic N) is 1. The number of phenolic OH excluding ortho intramolecular Hbond substituents is 1. The summed E-state index contributed by atoms with van der Waals surface area (Å²) in [6.07, 6.45) is 5.27. The molecule has 0 aromatic heterocycles. The smallest absolute Gasteiger partial charge is 0.223 e. The zero-order valence-electron chi connectivity index (χ0n) is 18.8. The second-order valence-electron chi connectivity index (χ2n) is 10.7. The lowest BCUT2D eigenvalue weighted by molar-refractivity contribution is -0.134. The Morgan fingerprint density at radius 2 is 1.94 bits per heavy atom. The molecule has 4 aliphatic rings. The van der Waals surface area contributed by atoms with Crippen molar-refractivity contribution in [2.24, 2.45) is 11.8 Å². The van der Waals surface area contributed by atoms with Gasteiger partial charge in [0.15, 0.2) is 0 Å². The van der Waals surface area contributed by atoms with E-state index in [2.05, 4.69) is 10.2 Å². The first-order valence-electron chi connectivity index (χ1n) is 12.2. The summed E-state index contributed by atoms with van der Waals surface area (Å²) in [5.74, 6) is 0.740. The molecule has 5 nitrogen and oxygen atoms in total. The molecule has 3 N–H and O–H groups in total. The molecular weight excluding hydrogens is 436 g/mol. The third kappa shape index (κ3) is 3.48. The van der Waals surface area contributed by atoms with E-state index in [1.165, 1.54) is 18.4 Å². The van der Waals surface area contributed by atoms with Gasteiger partial charge in [0, 0.05) is 35.5 Å². The van der Waals surface area contributed by atoms with Gasteiger partial charge in [-0.1, -0.05) is 29.8 Å². The van der Waals surface area contributed by atoms with Crippen molar-refractivity contribution in [3.8, 4) is 5.75 Å². The number of aliphatic hydroxyl groups is 1. The Morgan fingerprint density at radius 3 is 2.70 bits per heavy atom. The van der Waals surface area contributed by atoms with Crippen LogP contribution in [0.3, 0.4) is 0 Å². The van der Waals surface area contributed by atoms with Crippen molar-refractivity contribution in [2.75, 3.05) is 13.1 Å². The summed E-state index contributed by atoms with van der Waals surface area (Å²) in [4.78, 5) is 15.8. The highest BCUT2D eigenvalue weighted by Crippen LogP contribution is 2.62. The summed E-state index contributed by atoms with van der Waals surface area (Å²) < 4.78 is 0. The Labute approximate surface area is 199 Å². The third-order valence-corrected chi connectivity index (χ3v) is 9.01. The average Bonchev–Trinajstić information content (AvgIpc) is 3.54. The Balaban J connectivity index is 1.30. The summed E-state index contributed by atoms with van der Waals surface area (Å²) >= 11 is 5.98. The highest BCUT2D eigenvalue weighted by atomic mass is 35.5. The van der Waals surface area contributed by atoms with Crippen LogP contribution >= 0.6 is 11.6 Å². The minimum Gasteiger partial charge on any atom is -0.508 e. The lowest BCUT2D eigenvalue weighted by Crippen LogP contribution is -2.69. The molecule has 1 heterocycles. The van der Waals surface area contributed by atoms with E-state index in [9.17, 15) is 15.0 Å². The maximum atomic E-state index is 13.3. The number of fused-ring (bicyclic) bond motifs is 1. The number of benzene rings is 2. The molecule has 0 spiro atoms. The van der Waals surface area contributed by atoms with Gasteiger partial charge in [0.1, 0.15) is 5.75 Å². The summed E-state index contributed by atoms with van der Waals surface area (Å²) in [6.45, 7) is 2.44. The molecule has 1 amide bonds. The van der Waals surface area contributed by atoms with Crippen molar-refractivity contribution in [3.05, 3.63) is 64.2 Å². The quantitative estimate of drug-likeness (QED) is 0.627. The van der Waals surface area contributed by atoms with Crippen LogP contribution in [0, 0.1) is 11.8 Å². The number of carbonyl (C=O) groups is 1. The summed E-state index contributed by atoms with van der Waals surface area (Å²) in [5.41, 5.74) is 1.84. The van der Waals surface area contributed by atoms with Gasteiger partial charge in [0.2, 0.25) is 5.91 Å². The molecule has 1 aliphatic heterocycles. The summed E-state index contributed by atoms with van der Waals surface area (Å²) in [7, 11) is 0. The van der Waals surface area contributed by atoms with Gasteiger partial charge in [0.25, 0.3) is 0 Å². The number of likely N-dealkylation sites (tertiary alicyclic amines) is 1. The lowest BCUT2D eigenvalue weighted by atomic mass is 9.56. The molecule has 1 saturated heterocycles. The van der Waals surface area contributed by atoms with Crippen molar-refractivity contribution >= 4 is 17.5 Å². The first-order chi connectivity index (χ1) is 15.9. The van der Waals surface area contributed by atoms with E-state index >= 15 is 0 Å². The van der Waals surface area contributed by atoms with Crippen LogP contribution in [-0.4, -0.2) is 45.8 Å². The second-order valence-corrected chi connectivity index (χ2v) is 11.1. The zero-order valence-corrected chi connectivity index (χ0v) is 19.5. The molecule has 2 aromatic rings. The maximum Gasteiger partial charge on any atom is 0.223 e. The summed E-state index contributed by atoms with van der Waals surface area (Å²) in [6, 6.07) is 13.2. The van der Waals surface area contributed by atoms with Gasteiger partial charge in [-0.25, -0.2) is 0 Å². The summed E-state index contributed by atoms with van der Waals surface area (Å²) in [5, 5.41) is 26.4. The molecule has 2 saturated carbocycles. The van der Waals surface area contributed by atoms with Gasteiger partial charge < -0.3 is 15.5 Å². The number of halogens is 1. The maximum absolute atomic E-state index is 13.3. The van der Waals surface area contributed by atoms with E-state index in [1.54, 1.807) is 6.07 Å². The van der Waals surface area contributed by atoms with Crippen LogP contribution in [0.15, 0.2) is 42.5 Å². The predicted octanol–water partition coefficient (Wildman–Crippen LogP) is 3.78. The number of hydrogen-bond acceptors (Lipinski definition) is 4. The van der Waals surface area contributed by atoms with Crippen molar-refractivity contribution < 1.29 is 15.0 Å². The number of rotatable bonds is 5. The molecule has 174 valence electrons. The second kappa shape index (κ2) is 7.72. The lowest BCUT2D eigenvalue weighted by Gasteiger charge is -2.59. The first-order valence-corrected chi connectivity index (χ1v) is 12.6. The molecule has 6 rings (SSSR count). The molecule has 4 atom stereocenters. The van der Waals surface area contributed by atoms with Crippen molar-refractivity contribution in [3.63, 3.8) is 0 Å². The normalized spacial score (nSPS) is 32.8. The van der Waals surface area contributed by atoms with Crippen molar-refractivity contribution in [1.29, 1.82) is 0 Å². The predicted molar refractivity (Wildman–Crippen MR) is 127 cm³/mol. The number of nitrogens with one attached hydrogen (secondary N) is 1. The molecule has 0 unspecified atom stereocenters. The van der Waals surface area contributed by atoms with Crippen LogP contribution in [0.5, 0.6) is 5.75 Å². The van der Waals surface area contributed by atoms with Crippen LogP contribution in [-0.2, 0) is 23.2 Å². The highest BCUT2D eigenvalue weighted by molar-refractivity contribution is 6.30. The van der Waals surface area contributed by atoms with Gasteiger partial charge >= 0.3 is 0 Å². The third-order valence-electron chi connectivity index (χ3n) is 8.76. The number of aromatic hydroxyl groups is 1. The van der Waals surface area contributed by atoms with E-state index in [0.717, 1.165) is 43.0 Å².